The average Bonchev–Trinajstić information content (AvgIpc) is 3.03. The largest absolute Gasteiger partial charge is 0.496 e. The van der Waals surface area contributed by atoms with Crippen LogP contribution in [0.5, 0.6) is 34.5 Å². The summed E-state index contributed by atoms with van der Waals surface area (Å²) in [4.78, 5) is 35.2. The van der Waals surface area contributed by atoms with Crippen molar-refractivity contribution in [3.8, 4) is 45.6 Å². The van der Waals surface area contributed by atoms with Gasteiger partial charge in [0.2, 0.25) is 0 Å². The molecule has 0 aliphatic heterocycles. The molecule has 0 aliphatic rings. The van der Waals surface area contributed by atoms with Crippen molar-refractivity contribution in [2.45, 2.75) is 6.92 Å². The summed E-state index contributed by atoms with van der Waals surface area (Å²) >= 11 is 0. The standard InChI is InChI=1S/C35H30O9/c1-6-33(36)43-30-15-13-27(20-32(30)44-34(37)7-2)41-17-16-40-26-11-10-23-18-25(9-8-24(23)19-26)29-14-12-28(21-31(29)39-5)42-35(38)22(3)4/h6-15,18-21H,1-3,16-17H2,4-5H3. The van der Waals surface area contributed by atoms with Gasteiger partial charge in [-0.2, -0.15) is 0 Å². The van der Waals surface area contributed by atoms with Crippen LogP contribution >= 0.6 is 0 Å². The van der Waals surface area contributed by atoms with Gasteiger partial charge in [0.05, 0.1) is 7.11 Å². The second kappa shape index (κ2) is 14.4. The fourth-order valence-electron chi connectivity index (χ4n) is 4.01. The van der Waals surface area contributed by atoms with Crippen molar-refractivity contribution in [3.63, 3.8) is 0 Å². The number of hydrogen-bond donors (Lipinski definition) is 0. The Morgan fingerprint density at radius 1 is 0.659 bits per heavy atom. The van der Waals surface area contributed by atoms with Crippen molar-refractivity contribution >= 4 is 28.7 Å². The maximum atomic E-state index is 11.9. The van der Waals surface area contributed by atoms with E-state index in [0.717, 1.165) is 34.1 Å². The molecule has 0 amide bonds. The van der Waals surface area contributed by atoms with E-state index < -0.39 is 17.9 Å². The van der Waals surface area contributed by atoms with Crippen molar-refractivity contribution in [1.29, 1.82) is 0 Å². The summed E-state index contributed by atoms with van der Waals surface area (Å²) in [5.74, 6) is 0.0745. The van der Waals surface area contributed by atoms with Crippen LogP contribution in [0.3, 0.4) is 0 Å². The molecule has 0 spiro atoms. The number of benzene rings is 4. The van der Waals surface area contributed by atoms with Gasteiger partial charge in [0.25, 0.3) is 0 Å². The van der Waals surface area contributed by atoms with Crippen molar-refractivity contribution in [2.24, 2.45) is 0 Å². The Balaban J connectivity index is 1.40. The number of carbonyl (C=O) groups excluding carboxylic acids is 3. The van der Waals surface area contributed by atoms with Gasteiger partial charge in [0, 0.05) is 35.4 Å². The summed E-state index contributed by atoms with van der Waals surface area (Å²) < 4.78 is 32.8. The Bertz CT molecular complexity index is 1750. The van der Waals surface area contributed by atoms with Crippen LogP contribution in [0.15, 0.2) is 110 Å². The lowest BCUT2D eigenvalue weighted by Gasteiger charge is -2.13. The van der Waals surface area contributed by atoms with E-state index in [2.05, 4.69) is 19.7 Å². The van der Waals surface area contributed by atoms with Gasteiger partial charge in [-0.25, -0.2) is 14.4 Å². The third-order valence-corrected chi connectivity index (χ3v) is 6.15. The lowest BCUT2D eigenvalue weighted by atomic mass is 10.00. The summed E-state index contributed by atoms with van der Waals surface area (Å²) in [6, 6.07) is 21.4. The van der Waals surface area contributed by atoms with E-state index in [-0.39, 0.29) is 24.7 Å². The number of carbonyl (C=O) groups is 3. The SMILES string of the molecule is C=CC(=O)Oc1ccc(OCCOc2ccc3cc(-c4ccc(OC(=O)C(=C)C)cc4OC)ccc3c2)cc1OC(=O)C=C. The molecule has 0 fully saturated rings. The highest BCUT2D eigenvalue weighted by Crippen LogP contribution is 2.36. The average molecular weight is 595 g/mol. The van der Waals surface area contributed by atoms with Gasteiger partial charge >= 0.3 is 17.9 Å². The van der Waals surface area contributed by atoms with E-state index >= 15 is 0 Å². The van der Waals surface area contributed by atoms with Crippen molar-refractivity contribution in [2.75, 3.05) is 20.3 Å². The Labute approximate surface area is 254 Å². The molecule has 224 valence electrons. The molecule has 0 N–H and O–H groups in total. The molecule has 0 atom stereocenters. The first kappa shape index (κ1) is 31.1. The fraction of sp³-hybridized carbons (Fsp3) is 0.114. The number of hydrogen-bond acceptors (Lipinski definition) is 9. The van der Waals surface area contributed by atoms with Gasteiger partial charge in [-0.1, -0.05) is 37.9 Å². The van der Waals surface area contributed by atoms with Gasteiger partial charge in [-0.05, 0) is 65.7 Å². The van der Waals surface area contributed by atoms with E-state index in [0.29, 0.717) is 28.6 Å². The van der Waals surface area contributed by atoms with Crippen molar-refractivity contribution in [1.82, 2.24) is 0 Å². The van der Waals surface area contributed by atoms with Gasteiger partial charge in [0.1, 0.15) is 36.2 Å². The fourth-order valence-corrected chi connectivity index (χ4v) is 4.01. The van der Waals surface area contributed by atoms with Crippen LogP contribution in [0, 0.1) is 0 Å². The summed E-state index contributed by atoms with van der Waals surface area (Å²) in [7, 11) is 1.56. The molecular weight excluding hydrogens is 564 g/mol. The molecule has 0 heterocycles. The van der Waals surface area contributed by atoms with Crippen LogP contribution < -0.4 is 28.4 Å². The zero-order valence-electron chi connectivity index (χ0n) is 24.3. The van der Waals surface area contributed by atoms with Crippen LogP contribution in [0.2, 0.25) is 0 Å². The number of methoxy groups -OCH3 is 1. The van der Waals surface area contributed by atoms with E-state index in [1.54, 1.807) is 32.2 Å². The van der Waals surface area contributed by atoms with Gasteiger partial charge < -0.3 is 28.4 Å². The first-order valence-corrected chi connectivity index (χ1v) is 13.4. The molecule has 0 aliphatic carbocycles. The summed E-state index contributed by atoms with van der Waals surface area (Å²) in [6.45, 7) is 12.3. The highest BCUT2D eigenvalue weighted by Gasteiger charge is 2.14. The van der Waals surface area contributed by atoms with Crippen LogP contribution in [0.25, 0.3) is 21.9 Å². The van der Waals surface area contributed by atoms with Gasteiger partial charge in [-0.15, -0.1) is 0 Å². The molecule has 4 aromatic carbocycles. The normalized spacial score (nSPS) is 10.3. The number of rotatable bonds is 13. The maximum Gasteiger partial charge on any atom is 0.338 e. The molecular formula is C35H30O9. The molecule has 9 nitrogen and oxygen atoms in total. The highest BCUT2D eigenvalue weighted by atomic mass is 16.6. The molecule has 44 heavy (non-hydrogen) atoms. The van der Waals surface area contributed by atoms with Crippen LogP contribution in [0.1, 0.15) is 6.92 Å². The zero-order valence-corrected chi connectivity index (χ0v) is 24.3. The number of esters is 3. The molecule has 4 aromatic rings. The minimum atomic E-state index is -0.719. The minimum absolute atomic E-state index is 0.00260. The van der Waals surface area contributed by atoms with Crippen LogP contribution in [-0.4, -0.2) is 38.2 Å². The Kier molecular flexibility index (Phi) is 10.2. The Morgan fingerprint density at radius 3 is 1.89 bits per heavy atom. The van der Waals surface area contributed by atoms with Gasteiger partial charge in [-0.3, -0.25) is 0 Å². The third kappa shape index (κ3) is 7.92. The zero-order chi connectivity index (χ0) is 31.6. The molecule has 0 saturated heterocycles. The molecule has 0 saturated carbocycles. The Morgan fingerprint density at radius 2 is 1.23 bits per heavy atom. The summed E-state index contributed by atoms with van der Waals surface area (Å²) in [6.07, 6.45) is 1.99. The maximum absolute atomic E-state index is 11.9. The second-order valence-corrected chi connectivity index (χ2v) is 9.31. The molecule has 0 bridgehead atoms. The predicted octanol–water partition coefficient (Wildman–Crippen LogP) is 6.64. The Hall–Kier alpha value is -5.83. The van der Waals surface area contributed by atoms with Gasteiger partial charge in [0.15, 0.2) is 11.5 Å². The van der Waals surface area contributed by atoms with Crippen LogP contribution in [0.4, 0.5) is 0 Å². The molecule has 0 aromatic heterocycles. The first-order chi connectivity index (χ1) is 21.2. The molecule has 4 rings (SSSR count). The van der Waals surface area contributed by atoms with E-state index in [1.807, 2.05) is 42.5 Å². The minimum Gasteiger partial charge on any atom is -0.496 e. The first-order valence-electron chi connectivity index (χ1n) is 13.4. The topological polar surface area (TPSA) is 107 Å². The molecule has 9 heteroatoms. The second-order valence-electron chi connectivity index (χ2n) is 9.31. The van der Waals surface area contributed by atoms with Crippen molar-refractivity contribution < 1.29 is 42.8 Å². The summed E-state index contributed by atoms with van der Waals surface area (Å²) in [5.41, 5.74) is 2.08. The third-order valence-electron chi connectivity index (χ3n) is 6.15. The molecule has 0 radical (unpaired) electrons. The van der Waals surface area contributed by atoms with Crippen molar-refractivity contribution in [3.05, 3.63) is 110 Å². The predicted molar refractivity (Wildman–Crippen MR) is 165 cm³/mol. The highest BCUT2D eigenvalue weighted by molar-refractivity contribution is 5.91. The van der Waals surface area contributed by atoms with E-state index in [1.165, 1.54) is 12.1 Å². The van der Waals surface area contributed by atoms with Crippen LogP contribution in [-0.2, 0) is 14.4 Å². The number of fused-ring (bicyclic) bond motifs is 1. The lowest BCUT2D eigenvalue weighted by Crippen LogP contribution is -2.11. The number of ether oxygens (including phenoxy) is 6. The lowest BCUT2D eigenvalue weighted by molar-refractivity contribution is -0.131. The summed E-state index contributed by atoms with van der Waals surface area (Å²) in [5, 5.41) is 1.96. The smallest absolute Gasteiger partial charge is 0.338 e. The van der Waals surface area contributed by atoms with E-state index in [4.69, 9.17) is 28.4 Å². The van der Waals surface area contributed by atoms with E-state index in [9.17, 15) is 14.4 Å². The molecule has 0 unspecified atom stereocenters. The quantitative estimate of drug-likeness (QED) is 0.0729. The monoisotopic (exact) mass is 594 g/mol.